The van der Waals surface area contributed by atoms with Gasteiger partial charge in [0.1, 0.15) is 0 Å². The Morgan fingerprint density at radius 1 is 0.704 bits per heavy atom. The topological polar surface area (TPSA) is 12.9 Å². The van der Waals surface area contributed by atoms with Gasteiger partial charge in [-0.05, 0) is 64.8 Å². The number of aryl methyl sites for hydroxylation is 2. The van der Waals surface area contributed by atoms with E-state index < -0.39 is 0 Å². The number of pyridine rings is 1. The molecular weight excluding hydrogens is 326 g/mol. The van der Waals surface area contributed by atoms with Gasteiger partial charge in [0.25, 0.3) is 0 Å². The standard InChI is InChI=1S/C26H27N/c1-25(2)20-10-5-6-11-21(20)26(3,4)23-14-18(12-13-22(23)25)24-15-17-8-7-9-19(17)16-27-24/h5-6,10-16H,7-9H2,1-4H3. The van der Waals surface area contributed by atoms with E-state index in [-0.39, 0.29) is 10.8 Å². The molecule has 0 fully saturated rings. The third-order valence-electron chi connectivity index (χ3n) is 6.91. The van der Waals surface area contributed by atoms with Gasteiger partial charge >= 0.3 is 0 Å². The molecule has 2 aliphatic rings. The number of benzene rings is 2. The minimum Gasteiger partial charge on any atom is -0.256 e. The summed E-state index contributed by atoms with van der Waals surface area (Å²) in [4.78, 5) is 4.80. The molecule has 0 aliphatic heterocycles. The van der Waals surface area contributed by atoms with Gasteiger partial charge in [0.2, 0.25) is 0 Å². The highest BCUT2D eigenvalue weighted by atomic mass is 14.7. The molecule has 0 N–H and O–H groups in total. The zero-order valence-electron chi connectivity index (χ0n) is 16.8. The van der Waals surface area contributed by atoms with E-state index >= 15 is 0 Å². The number of nitrogens with zero attached hydrogens (tertiary/aromatic N) is 1. The van der Waals surface area contributed by atoms with Gasteiger partial charge in [-0.15, -0.1) is 0 Å². The lowest BCUT2D eigenvalue weighted by atomic mass is 9.60. The van der Waals surface area contributed by atoms with Gasteiger partial charge in [-0.25, -0.2) is 0 Å². The van der Waals surface area contributed by atoms with Crippen molar-refractivity contribution >= 4 is 0 Å². The first-order valence-corrected chi connectivity index (χ1v) is 10.1. The van der Waals surface area contributed by atoms with Gasteiger partial charge < -0.3 is 0 Å². The molecule has 2 aromatic carbocycles. The summed E-state index contributed by atoms with van der Waals surface area (Å²) in [5, 5.41) is 0. The third kappa shape index (κ3) is 2.34. The molecule has 1 nitrogen and oxygen atoms in total. The Kier molecular flexibility index (Phi) is 3.44. The highest BCUT2D eigenvalue weighted by Gasteiger charge is 2.41. The Morgan fingerprint density at radius 2 is 1.33 bits per heavy atom. The molecule has 1 heterocycles. The molecule has 0 saturated heterocycles. The Labute approximate surface area is 162 Å². The first-order valence-electron chi connectivity index (χ1n) is 10.1. The van der Waals surface area contributed by atoms with Crippen LogP contribution in [0, 0.1) is 0 Å². The first kappa shape index (κ1) is 16.7. The molecule has 136 valence electrons. The zero-order valence-corrected chi connectivity index (χ0v) is 16.8. The van der Waals surface area contributed by atoms with E-state index in [1.54, 1.807) is 0 Å². The second-order valence-corrected chi connectivity index (χ2v) is 9.25. The van der Waals surface area contributed by atoms with Gasteiger partial charge in [-0.3, -0.25) is 4.98 Å². The van der Waals surface area contributed by atoms with Crippen molar-refractivity contribution in [1.29, 1.82) is 0 Å². The van der Waals surface area contributed by atoms with Crippen molar-refractivity contribution in [2.75, 3.05) is 0 Å². The molecule has 0 radical (unpaired) electrons. The first-order chi connectivity index (χ1) is 12.9. The number of hydrogen-bond acceptors (Lipinski definition) is 1. The summed E-state index contributed by atoms with van der Waals surface area (Å²) in [5.41, 5.74) is 11.1. The predicted molar refractivity (Wildman–Crippen MR) is 112 cm³/mol. The van der Waals surface area contributed by atoms with Crippen LogP contribution in [0.1, 0.15) is 67.5 Å². The van der Waals surface area contributed by atoms with Crippen molar-refractivity contribution in [2.45, 2.75) is 57.8 Å². The molecule has 0 spiro atoms. The maximum Gasteiger partial charge on any atom is 0.0705 e. The van der Waals surface area contributed by atoms with Crippen molar-refractivity contribution in [3.8, 4) is 11.3 Å². The summed E-state index contributed by atoms with van der Waals surface area (Å²) in [5.74, 6) is 0. The zero-order chi connectivity index (χ0) is 18.8. The lowest BCUT2D eigenvalue weighted by Crippen LogP contribution is -2.36. The maximum atomic E-state index is 4.80. The molecular formula is C26H27N. The lowest BCUT2D eigenvalue weighted by molar-refractivity contribution is 0.521. The maximum absolute atomic E-state index is 4.80. The summed E-state index contributed by atoms with van der Waals surface area (Å²) < 4.78 is 0. The van der Waals surface area contributed by atoms with E-state index in [0.717, 1.165) is 5.69 Å². The van der Waals surface area contributed by atoms with Gasteiger partial charge in [0.15, 0.2) is 0 Å². The quantitative estimate of drug-likeness (QED) is 0.507. The molecule has 1 heteroatoms. The van der Waals surface area contributed by atoms with Gasteiger partial charge in [-0.1, -0.05) is 64.1 Å². The van der Waals surface area contributed by atoms with E-state index in [4.69, 9.17) is 4.98 Å². The van der Waals surface area contributed by atoms with E-state index in [2.05, 4.69) is 82.4 Å². The predicted octanol–water partition coefficient (Wildman–Crippen LogP) is 6.20. The van der Waals surface area contributed by atoms with Crippen molar-refractivity contribution in [3.05, 3.63) is 88.1 Å². The van der Waals surface area contributed by atoms with Crippen LogP contribution in [0.2, 0.25) is 0 Å². The van der Waals surface area contributed by atoms with Crippen LogP contribution in [0.3, 0.4) is 0 Å². The number of hydrogen-bond donors (Lipinski definition) is 0. The van der Waals surface area contributed by atoms with Gasteiger partial charge in [-0.2, -0.15) is 0 Å². The minimum atomic E-state index is -0.00577. The summed E-state index contributed by atoms with van der Waals surface area (Å²) in [6, 6.07) is 18.3. The van der Waals surface area contributed by atoms with Crippen LogP contribution in [0.5, 0.6) is 0 Å². The van der Waals surface area contributed by atoms with Crippen LogP contribution in [-0.2, 0) is 23.7 Å². The smallest absolute Gasteiger partial charge is 0.0705 e. The molecule has 0 bridgehead atoms. The van der Waals surface area contributed by atoms with Crippen molar-refractivity contribution in [2.24, 2.45) is 0 Å². The fraction of sp³-hybridized carbons (Fsp3) is 0.346. The Hall–Kier alpha value is -2.41. The summed E-state index contributed by atoms with van der Waals surface area (Å²) >= 11 is 0. The molecule has 0 amide bonds. The highest BCUT2D eigenvalue weighted by molar-refractivity contribution is 5.67. The molecule has 0 unspecified atom stereocenters. The fourth-order valence-electron chi connectivity index (χ4n) is 5.24. The number of rotatable bonds is 1. The highest BCUT2D eigenvalue weighted by Crippen LogP contribution is 2.50. The van der Waals surface area contributed by atoms with Crippen LogP contribution < -0.4 is 0 Å². The SMILES string of the molecule is CC1(C)c2ccccc2C(C)(C)c2cc(-c3cc4c(cn3)CCC4)ccc21. The van der Waals surface area contributed by atoms with Gasteiger partial charge in [0.05, 0.1) is 5.69 Å². The van der Waals surface area contributed by atoms with E-state index in [1.165, 1.54) is 58.2 Å². The lowest BCUT2D eigenvalue weighted by Gasteiger charge is -2.44. The van der Waals surface area contributed by atoms with Crippen LogP contribution >= 0.6 is 0 Å². The van der Waals surface area contributed by atoms with Crippen LogP contribution in [0.15, 0.2) is 54.7 Å². The Bertz CT molecular complexity index is 1060. The van der Waals surface area contributed by atoms with Crippen LogP contribution in [-0.4, -0.2) is 4.98 Å². The monoisotopic (exact) mass is 353 g/mol. The van der Waals surface area contributed by atoms with Crippen LogP contribution in [0.25, 0.3) is 11.3 Å². The average Bonchev–Trinajstić information content (AvgIpc) is 3.14. The van der Waals surface area contributed by atoms with E-state index in [9.17, 15) is 0 Å². The molecule has 2 aliphatic carbocycles. The molecule has 0 atom stereocenters. The minimum absolute atomic E-state index is 0.00577. The molecule has 3 aromatic rings. The molecule has 5 rings (SSSR count). The second-order valence-electron chi connectivity index (χ2n) is 9.25. The van der Waals surface area contributed by atoms with E-state index in [0.29, 0.717) is 0 Å². The van der Waals surface area contributed by atoms with Crippen molar-refractivity contribution in [1.82, 2.24) is 4.98 Å². The van der Waals surface area contributed by atoms with Crippen molar-refractivity contribution in [3.63, 3.8) is 0 Å². The average molecular weight is 354 g/mol. The second kappa shape index (κ2) is 5.55. The third-order valence-corrected chi connectivity index (χ3v) is 6.91. The molecule has 27 heavy (non-hydrogen) atoms. The fourth-order valence-corrected chi connectivity index (χ4v) is 5.24. The Balaban J connectivity index is 1.70. The number of fused-ring (bicyclic) bond motifs is 3. The molecule has 0 saturated carbocycles. The van der Waals surface area contributed by atoms with Crippen LogP contribution in [0.4, 0.5) is 0 Å². The summed E-state index contributed by atoms with van der Waals surface area (Å²) in [7, 11) is 0. The summed E-state index contributed by atoms with van der Waals surface area (Å²) in [6.07, 6.45) is 5.75. The largest absolute Gasteiger partial charge is 0.256 e. The normalized spacial score (nSPS) is 18.5. The molecule has 1 aromatic heterocycles. The van der Waals surface area contributed by atoms with Crippen molar-refractivity contribution < 1.29 is 0 Å². The number of aromatic nitrogens is 1. The summed E-state index contributed by atoms with van der Waals surface area (Å²) in [6.45, 7) is 9.43. The Morgan fingerprint density at radius 3 is 2.07 bits per heavy atom. The van der Waals surface area contributed by atoms with Gasteiger partial charge in [0, 0.05) is 22.6 Å². The van der Waals surface area contributed by atoms with E-state index in [1.807, 2.05) is 0 Å².